The lowest BCUT2D eigenvalue weighted by Gasteiger charge is -2.05. The molecule has 10 heavy (non-hydrogen) atoms. The summed E-state index contributed by atoms with van der Waals surface area (Å²) in [5.41, 5.74) is 0. The van der Waals surface area contributed by atoms with E-state index in [2.05, 4.69) is 12.2 Å². The molecular formula is C10H20. The zero-order chi connectivity index (χ0) is 6.36. The van der Waals surface area contributed by atoms with E-state index in [0.717, 1.165) is 0 Å². The highest BCUT2D eigenvalue weighted by molar-refractivity contribution is 4.88. The standard InChI is InChI=1S/C5H8.C4H8.CH4/c1-2-4-5-3-1;1-2-4-3-1;/h1-2H,3-5H2;1-4H2;1H4. The smallest absolute Gasteiger partial charge is 0.0348 e. The Balaban J connectivity index is 0.000000150. The summed E-state index contributed by atoms with van der Waals surface area (Å²) in [4.78, 5) is 0. The maximum Gasteiger partial charge on any atom is -0.0348 e. The molecule has 2 aliphatic rings. The molecule has 1 saturated carbocycles. The number of allylic oxidation sites excluding steroid dienone is 2. The second kappa shape index (κ2) is 6.85. The van der Waals surface area contributed by atoms with Crippen LogP contribution in [0.4, 0.5) is 0 Å². The Morgan fingerprint density at radius 1 is 0.600 bits per heavy atom. The normalized spacial score (nSPS) is 20.0. The zero-order valence-corrected chi connectivity index (χ0v) is 6.10. The average molecular weight is 140 g/mol. The van der Waals surface area contributed by atoms with Crippen molar-refractivity contribution >= 4 is 0 Å². The molecule has 0 spiro atoms. The van der Waals surface area contributed by atoms with E-state index in [-0.39, 0.29) is 7.43 Å². The van der Waals surface area contributed by atoms with E-state index in [4.69, 9.17) is 0 Å². The molecule has 60 valence electrons. The van der Waals surface area contributed by atoms with Gasteiger partial charge in [-0.25, -0.2) is 0 Å². The summed E-state index contributed by atoms with van der Waals surface area (Å²) in [5.74, 6) is 0. The summed E-state index contributed by atoms with van der Waals surface area (Å²) in [5, 5.41) is 0. The SMILES string of the molecule is C.C1=CCCC1.C1CCC1. The van der Waals surface area contributed by atoms with Crippen LogP contribution in [0.2, 0.25) is 0 Å². The van der Waals surface area contributed by atoms with Crippen LogP contribution in [0.1, 0.15) is 52.4 Å². The van der Waals surface area contributed by atoms with E-state index in [1.165, 1.54) is 44.9 Å². The lowest BCUT2D eigenvalue weighted by Crippen LogP contribution is -1.85. The molecular weight excluding hydrogens is 120 g/mol. The van der Waals surface area contributed by atoms with Crippen LogP contribution in [0.15, 0.2) is 12.2 Å². The highest BCUT2D eigenvalue weighted by atomic mass is 14.0. The second-order valence-electron chi connectivity index (χ2n) is 2.82. The minimum absolute atomic E-state index is 0. The lowest BCUT2D eigenvalue weighted by molar-refractivity contribution is 0.504. The topological polar surface area (TPSA) is 0 Å². The van der Waals surface area contributed by atoms with E-state index < -0.39 is 0 Å². The van der Waals surface area contributed by atoms with Gasteiger partial charge in [-0.2, -0.15) is 0 Å². The second-order valence-corrected chi connectivity index (χ2v) is 2.82. The van der Waals surface area contributed by atoms with Crippen LogP contribution in [-0.2, 0) is 0 Å². The molecule has 0 heteroatoms. The Kier molecular flexibility index (Phi) is 6.68. The molecule has 0 amide bonds. The number of rotatable bonds is 0. The largest absolute Gasteiger partial charge is 0.0885 e. The molecule has 0 aromatic heterocycles. The lowest BCUT2D eigenvalue weighted by atomic mass is 10.0. The fourth-order valence-corrected chi connectivity index (χ4v) is 0.839. The predicted molar refractivity (Wildman–Crippen MR) is 48.2 cm³/mol. The first-order chi connectivity index (χ1) is 4.50. The van der Waals surface area contributed by atoms with Crippen molar-refractivity contribution in [1.82, 2.24) is 0 Å². The molecule has 2 aliphatic carbocycles. The third kappa shape index (κ3) is 4.60. The van der Waals surface area contributed by atoms with Crippen molar-refractivity contribution in [2.24, 2.45) is 0 Å². The summed E-state index contributed by atoms with van der Waals surface area (Å²) < 4.78 is 0. The third-order valence-corrected chi connectivity index (χ3v) is 1.91. The highest BCUT2D eigenvalue weighted by Gasteiger charge is 1.95. The van der Waals surface area contributed by atoms with Crippen molar-refractivity contribution in [3.8, 4) is 0 Å². The van der Waals surface area contributed by atoms with Crippen LogP contribution in [0.5, 0.6) is 0 Å². The first-order valence-electron chi connectivity index (χ1n) is 4.15. The van der Waals surface area contributed by atoms with Gasteiger partial charge in [0.1, 0.15) is 0 Å². The summed E-state index contributed by atoms with van der Waals surface area (Å²) in [6, 6.07) is 0. The van der Waals surface area contributed by atoms with E-state index in [1.54, 1.807) is 0 Å². The van der Waals surface area contributed by atoms with Crippen LogP contribution < -0.4 is 0 Å². The van der Waals surface area contributed by atoms with E-state index in [0.29, 0.717) is 0 Å². The Morgan fingerprint density at radius 2 is 1.00 bits per heavy atom. The molecule has 0 nitrogen and oxygen atoms in total. The molecule has 0 atom stereocenters. The summed E-state index contributed by atoms with van der Waals surface area (Å²) in [6.45, 7) is 0. The van der Waals surface area contributed by atoms with Gasteiger partial charge < -0.3 is 0 Å². The van der Waals surface area contributed by atoms with Crippen molar-refractivity contribution < 1.29 is 0 Å². The molecule has 0 bridgehead atoms. The summed E-state index contributed by atoms with van der Waals surface area (Å²) >= 11 is 0. The van der Waals surface area contributed by atoms with Gasteiger partial charge in [0.2, 0.25) is 0 Å². The van der Waals surface area contributed by atoms with Gasteiger partial charge in [0.05, 0.1) is 0 Å². The van der Waals surface area contributed by atoms with Crippen LogP contribution in [0.3, 0.4) is 0 Å². The molecule has 0 heterocycles. The maximum absolute atomic E-state index is 2.24. The summed E-state index contributed by atoms with van der Waals surface area (Å²) in [7, 11) is 0. The van der Waals surface area contributed by atoms with Gasteiger partial charge in [-0.1, -0.05) is 45.3 Å². The average Bonchev–Trinajstić information content (AvgIpc) is 2.07. The zero-order valence-electron chi connectivity index (χ0n) is 6.10. The van der Waals surface area contributed by atoms with Crippen LogP contribution in [-0.4, -0.2) is 0 Å². The fraction of sp³-hybridized carbons (Fsp3) is 0.800. The van der Waals surface area contributed by atoms with Gasteiger partial charge in [-0.15, -0.1) is 0 Å². The van der Waals surface area contributed by atoms with E-state index >= 15 is 0 Å². The third-order valence-electron chi connectivity index (χ3n) is 1.91. The Morgan fingerprint density at radius 3 is 1.10 bits per heavy atom. The van der Waals surface area contributed by atoms with Crippen LogP contribution >= 0.6 is 0 Å². The first kappa shape index (κ1) is 9.74. The maximum atomic E-state index is 2.24. The minimum Gasteiger partial charge on any atom is -0.0885 e. The first-order valence-corrected chi connectivity index (χ1v) is 4.15. The highest BCUT2D eigenvalue weighted by Crippen LogP contribution is 2.15. The van der Waals surface area contributed by atoms with Gasteiger partial charge in [0.15, 0.2) is 0 Å². The van der Waals surface area contributed by atoms with Crippen LogP contribution in [0, 0.1) is 0 Å². The monoisotopic (exact) mass is 140 g/mol. The molecule has 0 aromatic rings. The quantitative estimate of drug-likeness (QED) is 0.447. The summed E-state index contributed by atoms with van der Waals surface area (Å²) in [6.07, 6.45) is 14.5. The predicted octanol–water partition coefficient (Wildman–Crippen LogP) is 3.92. The minimum atomic E-state index is 0. The molecule has 2 rings (SSSR count). The van der Waals surface area contributed by atoms with E-state index in [9.17, 15) is 0 Å². The molecule has 0 N–H and O–H groups in total. The van der Waals surface area contributed by atoms with Crippen molar-refractivity contribution in [1.29, 1.82) is 0 Å². The molecule has 0 aliphatic heterocycles. The molecule has 0 unspecified atom stereocenters. The molecule has 0 aromatic carbocycles. The Hall–Kier alpha value is -0.260. The Labute approximate surface area is 65.3 Å². The Bertz CT molecular complexity index is 68.0. The van der Waals surface area contributed by atoms with Crippen molar-refractivity contribution in [2.75, 3.05) is 0 Å². The molecule has 0 saturated heterocycles. The molecule has 1 fully saturated rings. The van der Waals surface area contributed by atoms with Gasteiger partial charge in [-0.05, 0) is 19.3 Å². The van der Waals surface area contributed by atoms with Crippen molar-refractivity contribution in [3.05, 3.63) is 12.2 Å². The number of hydrogen-bond acceptors (Lipinski definition) is 0. The van der Waals surface area contributed by atoms with Gasteiger partial charge in [-0.3, -0.25) is 0 Å². The van der Waals surface area contributed by atoms with E-state index in [1.807, 2.05) is 0 Å². The molecule has 0 radical (unpaired) electrons. The van der Waals surface area contributed by atoms with Gasteiger partial charge >= 0.3 is 0 Å². The van der Waals surface area contributed by atoms with Crippen molar-refractivity contribution in [3.63, 3.8) is 0 Å². The van der Waals surface area contributed by atoms with Crippen molar-refractivity contribution in [2.45, 2.75) is 52.4 Å². The number of hydrogen-bond donors (Lipinski definition) is 0. The fourth-order valence-electron chi connectivity index (χ4n) is 0.839. The van der Waals surface area contributed by atoms with Gasteiger partial charge in [0.25, 0.3) is 0 Å². The van der Waals surface area contributed by atoms with Gasteiger partial charge in [0, 0.05) is 0 Å². The van der Waals surface area contributed by atoms with Crippen LogP contribution in [0.25, 0.3) is 0 Å².